The Morgan fingerprint density at radius 2 is 1.70 bits per heavy atom. The van der Waals surface area contributed by atoms with E-state index in [2.05, 4.69) is 10.1 Å². The normalized spacial score (nSPS) is 10.2. The van der Waals surface area contributed by atoms with Gasteiger partial charge < -0.3 is 14.8 Å². The van der Waals surface area contributed by atoms with Crippen molar-refractivity contribution >= 4 is 39.9 Å². The monoisotopic (exact) mass is 392 g/mol. The summed E-state index contributed by atoms with van der Waals surface area (Å²) in [4.78, 5) is 47.2. The van der Waals surface area contributed by atoms with E-state index in [0.717, 1.165) is 11.3 Å². The number of anilines is 1. The number of methoxy groups -OCH3 is 2. The van der Waals surface area contributed by atoms with Crippen molar-refractivity contribution < 1.29 is 28.8 Å². The number of hydrogen-bond acceptors (Lipinski definition) is 8. The summed E-state index contributed by atoms with van der Waals surface area (Å²) in [5.74, 6) is -2.04. The predicted octanol–water partition coefficient (Wildman–Crippen LogP) is 3.10. The van der Waals surface area contributed by atoms with Crippen LogP contribution in [0.25, 0.3) is 0 Å². The molecular formula is C17H16N2O7S. The van der Waals surface area contributed by atoms with Crippen LogP contribution in [0.15, 0.2) is 18.2 Å². The standard InChI is InChI=1S/C17H16N2O7S/c1-8-10(6-5-7-11(8)19(23)24)14(20)18-15-12(16(21)25-3)9(2)13(27-15)17(22)26-4/h5-7H,1-4H3,(H,18,20). The van der Waals surface area contributed by atoms with Crippen LogP contribution in [0.5, 0.6) is 0 Å². The van der Waals surface area contributed by atoms with Gasteiger partial charge in [0.25, 0.3) is 11.6 Å². The van der Waals surface area contributed by atoms with E-state index in [9.17, 15) is 24.5 Å². The molecule has 1 heterocycles. The van der Waals surface area contributed by atoms with Crippen molar-refractivity contribution in [3.63, 3.8) is 0 Å². The second-order valence-electron chi connectivity index (χ2n) is 5.40. The number of nitro benzene ring substituents is 1. The lowest BCUT2D eigenvalue weighted by atomic mass is 10.1. The molecule has 10 heteroatoms. The SMILES string of the molecule is COC(=O)c1sc(NC(=O)c2cccc([N+](=O)[O-])c2C)c(C(=O)OC)c1C. The minimum atomic E-state index is -0.732. The lowest BCUT2D eigenvalue weighted by Crippen LogP contribution is -2.16. The van der Waals surface area contributed by atoms with Gasteiger partial charge in [-0.3, -0.25) is 14.9 Å². The van der Waals surface area contributed by atoms with Gasteiger partial charge in [-0.2, -0.15) is 0 Å². The van der Waals surface area contributed by atoms with E-state index >= 15 is 0 Å². The number of esters is 2. The van der Waals surface area contributed by atoms with Gasteiger partial charge in [0, 0.05) is 17.2 Å². The van der Waals surface area contributed by atoms with Crippen LogP contribution >= 0.6 is 11.3 Å². The zero-order valence-electron chi connectivity index (χ0n) is 14.9. The van der Waals surface area contributed by atoms with E-state index in [0.29, 0.717) is 5.56 Å². The predicted molar refractivity (Wildman–Crippen MR) is 97.5 cm³/mol. The highest BCUT2D eigenvalue weighted by molar-refractivity contribution is 7.18. The molecule has 0 atom stereocenters. The van der Waals surface area contributed by atoms with E-state index in [1.807, 2.05) is 0 Å². The fourth-order valence-electron chi connectivity index (χ4n) is 2.47. The summed E-state index contributed by atoms with van der Waals surface area (Å²) in [6, 6.07) is 4.11. The van der Waals surface area contributed by atoms with Crippen LogP contribution in [0.2, 0.25) is 0 Å². The first-order valence-corrected chi connectivity index (χ1v) is 8.39. The van der Waals surface area contributed by atoms with Crippen LogP contribution in [0.3, 0.4) is 0 Å². The van der Waals surface area contributed by atoms with Crippen LogP contribution in [0.1, 0.15) is 41.5 Å². The largest absolute Gasteiger partial charge is 0.465 e. The molecule has 1 amide bonds. The first kappa shape index (κ1) is 20.0. The highest BCUT2D eigenvalue weighted by Crippen LogP contribution is 2.35. The molecule has 9 nitrogen and oxygen atoms in total. The Morgan fingerprint density at radius 1 is 1.07 bits per heavy atom. The number of benzene rings is 1. The van der Waals surface area contributed by atoms with Gasteiger partial charge in [-0.05, 0) is 25.5 Å². The second kappa shape index (κ2) is 7.96. The van der Waals surface area contributed by atoms with Gasteiger partial charge in [-0.15, -0.1) is 11.3 Å². The molecule has 1 aromatic heterocycles. The number of nitrogens with one attached hydrogen (secondary N) is 1. The third-order valence-corrected chi connectivity index (χ3v) is 5.07. The van der Waals surface area contributed by atoms with Crippen LogP contribution in [0.4, 0.5) is 10.7 Å². The molecule has 0 saturated heterocycles. The lowest BCUT2D eigenvalue weighted by molar-refractivity contribution is -0.385. The maximum absolute atomic E-state index is 12.6. The quantitative estimate of drug-likeness (QED) is 0.471. The van der Waals surface area contributed by atoms with Crippen molar-refractivity contribution in [2.45, 2.75) is 13.8 Å². The van der Waals surface area contributed by atoms with E-state index in [4.69, 9.17) is 4.74 Å². The minimum Gasteiger partial charge on any atom is -0.465 e. The molecule has 0 radical (unpaired) electrons. The highest BCUT2D eigenvalue weighted by Gasteiger charge is 2.27. The van der Waals surface area contributed by atoms with Crippen molar-refractivity contribution in [3.8, 4) is 0 Å². The summed E-state index contributed by atoms with van der Waals surface area (Å²) >= 11 is 0.861. The van der Waals surface area contributed by atoms with Crippen LogP contribution in [-0.4, -0.2) is 37.0 Å². The van der Waals surface area contributed by atoms with Gasteiger partial charge >= 0.3 is 11.9 Å². The topological polar surface area (TPSA) is 125 Å². The molecule has 27 heavy (non-hydrogen) atoms. The molecular weight excluding hydrogens is 376 g/mol. The number of hydrogen-bond donors (Lipinski definition) is 1. The number of ether oxygens (including phenoxy) is 2. The fourth-order valence-corrected chi connectivity index (χ4v) is 3.58. The molecule has 1 aromatic carbocycles. The number of amides is 1. The maximum Gasteiger partial charge on any atom is 0.348 e. The van der Waals surface area contributed by atoms with E-state index in [-0.39, 0.29) is 32.3 Å². The summed E-state index contributed by atoms with van der Waals surface area (Å²) in [5, 5.41) is 13.7. The van der Waals surface area contributed by atoms with Gasteiger partial charge in [0.05, 0.1) is 24.7 Å². The van der Waals surface area contributed by atoms with Crippen molar-refractivity contribution in [3.05, 3.63) is 55.4 Å². The van der Waals surface area contributed by atoms with Crippen LogP contribution in [0, 0.1) is 24.0 Å². The lowest BCUT2D eigenvalue weighted by Gasteiger charge is -2.08. The highest BCUT2D eigenvalue weighted by atomic mass is 32.1. The molecule has 0 aliphatic carbocycles. The number of rotatable bonds is 5. The Bertz CT molecular complexity index is 949. The van der Waals surface area contributed by atoms with Gasteiger partial charge in [0.1, 0.15) is 9.88 Å². The van der Waals surface area contributed by atoms with Crippen molar-refractivity contribution in [2.75, 3.05) is 19.5 Å². The number of thiophene rings is 1. The Labute approximate surface area is 158 Å². The van der Waals surface area contributed by atoms with Gasteiger partial charge in [-0.25, -0.2) is 9.59 Å². The summed E-state index contributed by atoms with van der Waals surface area (Å²) < 4.78 is 9.40. The average Bonchev–Trinajstić information content (AvgIpc) is 2.96. The molecule has 2 aromatic rings. The van der Waals surface area contributed by atoms with E-state index in [1.165, 1.54) is 46.3 Å². The molecule has 142 valence electrons. The molecule has 2 rings (SSSR count). The summed E-state index contributed by atoms with van der Waals surface area (Å²) in [7, 11) is 2.37. The van der Waals surface area contributed by atoms with Crippen molar-refractivity contribution in [1.29, 1.82) is 0 Å². The molecule has 0 aliphatic rings. The van der Waals surface area contributed by atoms with Crippen molar-refractivity contribution in [1.82, 2.24) is 0 Å². The van der Waals surface area contributed by atoms with Gasteiger partial charge in [0.2, 0.25) is 0 Å². The van der Waals surface area contributed by atoms with Crippen molar-refractivity contribution in [2.24, 2.45) is 0 Å². The first-order valence-electron chi connectivity index (χ1n) is 7.58. The van der Waals surface area contributed by atoms with Crippen LogP contribution in [-0.2, 0) is 9.47 Å². The second-order valence-corrected chi connectivity index (χ2v) is 6.43. The Balaban J connectivity index is 2.49. The Morgan fingerprint density at radius 3 is 2.26 bits per heavy atom. The van der Waals surface area contributed by atoms with Crippen LogP contribution < -0.4 is 5.32 Å². The number of nitrogens with zero attached hydrogens (tertiary/aromatic N) is 1. The molecule has 0 saturated carbocycles. The minimum absolute atomic E-state index is 0.0272. The maximum atomic E-state index is 12.6. The van der Waals surface area contributed by atoms with E-state index < -0.39 is 22.8 Å². The zero-order valence-corrected chi connectivity index (χ0v) is 15.8. The summed E-state index contributed by atoms with van der Waals surface area (Å²) in [6.45, 7) is 2.98. The first-order chi connectivity index (χ1) is 12.7. The number of carbonyl (C=O) groups excluding carboxylic acids is 3. The average molecular weight is 392 g/mol. The third-order valence-electron chi connectivity index (χ3n) is 3.88. The molecule has 1 N–H and O–H groups in total. The summed E-state index contributed by atoms with van der Waals surface area (Å²) in [5.41, 5.74) is 0.393. The fraction of sp³-hybridized carbons (Fsp3) is 0.235. The van der Waals surface area contributed by atoms with Gasteiger partial charge in [-0.1, -0.05) is 6.07 Å². The smallest absolute Gasteiger partial charge is 0.348 e. The molecule has 0 fully saturated rings. The molecule has 0 spiro atoms. The summed E-state index contributed by atoms with van der Waals surface area (Å²) in [6.07, 6.45) is 0. The Kier molecular flexibility index (Phi) is 5.91. The number of carbonyl (C=O) groups is 3. The molecule has 0 aliphatic heterocycles. The Hall–Kier alpha value is -3.27. The third kappa shape index (κ3) is 3.80. The molecule has 0 unspecified atom stereocenters. The molecule has 0 bridgehead atoms. The number of nitro groups is 1. The zero-order chi connectivity index (χ0) is 20.3. The van der Waals surface area contributed by atoms with Gasteiger partial charge in [0.15, 0.2) is 0 Å². The van der Waals surface area contributed by atoms with E-state index in [1.54, 1.807) is 0 Å².